The summed E-state index contributed by atoms with van der Waals surface area (Å²) < 4.78 is 14.8. The fourth-order valence-electron chi connectivity index (χ4n) is 2.75. The first-order valence-electron chi connectivity index (χ1n) is 9.30. The van der Waals surface area contributed by atoms with Gasteiger partial charge in [0, 0.05) is 30.6 Å². The molecule has 0 aliphatic rings. The van der Waals surface area contributed by atoms with E-state index in [1.54, 1.807) is 28.2 Å². The number of rotatable bonds is 7. The topological polar surface area (TPSA) is 67.1 Å². The van der Waals surface area contributed by atoms with Crippen LogP contribution in [0.3, 0.4) is 0 Å². The van der Waals surface area contributed by atoms with Gasteiger partial charge in [0.15, 0.2) is 5.96 Å². The van der Waals surface area contributed by atoms with Crippen molar-refractivity contribution in [2.24, 2.45) is 4.99 Å². The lowest BCUT2D eigenvalue weighted by atomic mass is 10.3. The second kappa shape index (κ2) is 11.2. The lowest BCUT2D eigenvalue weighted by Gasteiger charge is -2.10. The van der Waals surface area contributed by atoms with Crippen molar-refractivity contribution in [1.29, 1.82) is 0 Å². The van der Waals surface area contributed by atoms with Crippen LogP contribution in [0.2, 0.25) is 0 Å². The largest absolute Gasteiger partial charge is 0.357 e. The number of aryl methyl sites for hydroxylation is 2. The molecule has 29 heavy (non-hydrogen) atoms. The van der Waals surface area contributed by atoms with E-state index in [1.807, 2.05) is 33.0 Å². The Morgan fingerprint density at radius 2 is 1.93 bits per heavy atom. The third-order valence-corrected chi connectivity index (χ3v) is 5.19. The molecule has 0 unspecified atom stereocenters. The van der Waals surface area contributed by atoms with Crippen LogP contribution >= 0.6 is 35.3 Å². The molecule has 0 aliphatic carbocycles. The Balaban J connectivity index is 0.00000300. The molecule has 3 rings (SSSR count). The highest BCUT2D eigenvalue weighted by Gasteiger charge is 2.06. The summed E-state index contributed by atoms with van der Waals surface area (Å²) in [4.78, 5) is 10.3. The maximum Gasteiger partial charge on any atom is 0.191 e. The molecule has 0 atom stereocenters. The van der Waals surface area contributed by atoms with Crippen molar-refractivity contribution in [3.8, 4) is 5.69 Å². The first-order chi connectivity index (χ1) is 13.5. The molecular formula is C20H26FIN6S. The molecule has 156 valence electrons. The number of guanidine groups is 1. The van der Waals surface area contributed by atoms with E-state index in [4.69, 9.17) is 0 Å². The van der Waals surface area contributed by atoms with Crippen molar-refractivity contribution >= 4 is 41.3 Å². The average molecular weight is 528 g/mol. The average Bonchev–Trinajstić information content (AvgIpc) is 3.26. The second-order valence-corrected chi connectivity index (χ2v) is 7.63. The van der Waals surface area contributed by atoms with Gasteiger partial charge in [-0.1, -0.05) is 0 Å². The number of halogens is 2. The Kier molecular flexibility index (Phi) is 9.02. The summed E-state index contributed by atoms with van der Waals surface area (Å²) in [5.74, 6) is 0.533. The zero-order valence-electron chi connectivity index (χ0n) is 16.8. The summed E-state index contributed by atoms with van der Waals surface area (Å²) in [7, 11) is 0. The fourth-order valence-corrected chi connectivity index (χ4v) is 3.62. The minimum Gasteiger partial charge on any atom is -0.357 e. The van der Waals surface area contributed by atoms with Gasteiger partial charge >= 0.3 is 0 Å². The highest BCUT2D eigenvalue weighted by atomic mass is 127. The highest BCUT2D eigenvalue weighted by molar-refractivity contribution is 14.0. The van der Waals surface area contributed by atoms with E-state index < -0.39 is 0 Å². The quantitative estimate of drug-likeness (QED) is 0.277. The molecule has 0 saturated carbocycles. The van der Waals surface area contributed by atoms with Crippen molar-refractivity contribution in [1.82, 2.24) is 25.4 Å². The number of nitrogens with zero attached hydrogens (tertiary/aromatic N) is 4. The van der Waals surface area contributed by atoms with E-state index in [0.29, 0.717) is 13.1 Å². The van der Waals surface area contributed by atoms with Crippen LogP contribution in [-0.2, 0) is 13.0 Å². The monoisotopic (exact) mass is 528 g/mol. The molecule has 0 bridgehead atoms. The maximum absolute atomic E-state index is 13.0. The van der Waals surface area contributed by atoms with Gasteiger partial charge in [-0.2, -0.15) is 5.10 Å². The van der Waals surface area contributed by atoms with Crippen molar-refractivity contribution in [3.63, 3.8) is 0 Å². The second-order valence-electron chi connectivity index (χ2n) is 6.34. The van der Waals surface area contributed by atoms with Gasteiger partial charge in [-0.05, 0) is 51.1 Å². The predicted octanol–water partition coefficient (Wildman–Crippen LogP) is 4.00. The van der Waals surface area contributed by atoms with E-state index >= 15 is 0 Å². The Labute approximate surface area is 191 Å². The molecule has 0 radical (unpaired) electrons. The minimum atomic E-state index is -0.251. The molecule has 0 spiro atoms. The third-order valence-electron chi connectivity index (χ3n) is 4.13. The van der Waals surface area contributed by atoms with E-state index in [1.165, 1.54) is 17.0 Å². The highest BCUT2D eigenvalue weighted by Crippen LogP contribution is 2.17. The van der Waals surface area contributed by atoms with Crippen LogP contribution in [0.1, 0.15) is 28.2 Å². The molecule has 9 heteroatoms. The van der Waals surface area contributed by atoms with Crippen LogP contribution in [0.15, 0.2) is 41.5 Å². The molecule has 6 nitrogen and oxygen atoms in total. The predicted molar refractivity (Wildman–Crippen MR) is 127 cm³/mol. The molecule has 0 aliphatic heterocycles. The van der Waals surface area contributed by atoms with Crippen LogP contribution in [0, 0.1) is 19.7 Å². The molecule has 3 aromatic rings. The first kappa shape index (κ1) is 23.3. The number of nitrogens with one attached hydrogen (secondary N) is 2. The van der Waals surface area contributed by atoms with E-state index in [0.717, 1.165) is 41.0 Å². The molecule has 1 aromatic carbocycles. The normalized spacial score (nSPS) is 11.2. The van der Waals surface area contributed by atoms with Gasteiger partial charge in [-0.3, -0.25) is 0 Å². The van der Waals surface area contributed by atoms with Gasteiger partial charge in [0.2, 0.25) is 0 Å². The molecule has 0 saturated heterocycles. The molecule has 0 fully saturated rings. The minimum absolute atomic E-state index is 0. The maximum atomic E-state index is 13.0. The molecule has 2 heterocycles. The summed E-state index contributed by atoms with van der Waals surface area (Å²) >= 11 is 1.69. The Morgan fingerprint density at radius 3 is 2.59 bits per heavy atom. The van der Waals surface area contributed by atoms with Crippen molar-refractivity contribution < 1.29 is 4.39 Å². The number of hydrogen-bond donors (Lipinski definition) is 2. The van der Waals surface area contributed by atoms with Crippen molar-refractivity contribution in [2.45, 2.75) is 33.7 Å². The lowest BCUT2D eigenvalue weighted by molar-refractivity contribution is 0.627. The number of hydrogen-bond acceptors (Lipinski definition) is 4. The lowest BCUT2D eigenvalue weighted by Crippen LogP contribution is -2.38. The van der Waals surface area contributed by atoms with E-state index in [9.17, 15) is 4.39 Å². The number of benzene rings is 1. The Bertz CT molecular complexity index is 935. The summed E-state index contributed by atoms with van der Waals surface area (Å²) in [5, 5.41) is 12.2. The van der Waals surface area contributed by atoms with Crippen molar-refractivity contribution in [2.75, 3.05) is 13.1 Å². The zero-order valence-corrected chi connectivity index (χ0v) is 19.9. The van der Waals surface area contributed by atoms with Crippen LogP contribution in [0.5, 0.6) is 0 Å². The van der Waals surface area contributed by atoms with Gasteiger partial charge in [0.25, 0.3) is 0 Å². The molecule has 0 amide bonds. The standard InChI is InChI=1S/C20H25FN6S.HI/c1-4-22-20(24-13-19-14(2)25-15(3)28-19)23-11-9-17-10-12-27(26-17)18-7-5-16(21)6-8-18;/h5-8,10,12H,4,9,11,13H2,1-3H3,(H2,22,23,24);1H. The molecule has 2 N–H and O–H groups in total. The van der Waals surface area contributed by atoms with Gasteiger partial charge < -0.3 is 10.6 Å². The van der Waals surface area contributed by atoms with Crippen LogP contribution in [-0.4, -0.2) is 33.8 Å². The van der Waals surface area contributed by atoms with Gasteiger partial charge in [0.1, 0.15) is 5.82 Å². The van der Waals surface area contributed by atoms with E-state index in [2.05, 4.69) is 25.7 Å². The summed E-state index contributed by atoms with van der Waals surface area (Å²) in [5.41, 5.74) is 2.85. The number of thiazole rings is 1. The van der Waals surface area contributed by atoms with Crippen molar-refractivity contribution in [3.05, 3.63) is 63.6 Å². The van der Waals surface area contributed by atoms with Gasteiger partial charge in [0.05, 0.1) is 28.6 Å². The van der Waals surface area contributed by atoms with Gasteiger partial charge in [-0.25, -0.2) is 19.0 Å². The summed E-state index contributed by atoms with van der Waals surface area (Å²) in [6.07, 6.45) is 2.65. The van der Waals surface area contributed by atoms with Crippen LogP contribution in [0.25, 0.3) is 5.69 Å². The van der Waals surface area contributed by atoms with Crippen LogP contribution < -0.4 is 10.6 Å². The third kappa shape index (κ3) is 6.77. The number of aliphatic imine (C=N–C) groups is 1. The smallest absolute Gasteiger partial charge is 0.191 e. The summed E-state index contributed by atoms with van der Waals surface area (Å²) in [6, 6.07) is 8.26. The van der Waals surface area contributed by atoms with Gasteiger partial charge in [-0.15, -0.1) is 35.3 Å². The number of aromatic nitrogens is 3. The molecular weight excluding hydrogens is 502 g/mol. The zero-order chi connectivity index (χ0) is 19.9. The fraction of sp³-hybridized carbons (Fsp3) is 0.350. The first-order valence-corrected chi connectivity index (χ1v) is 10.1. The molecule has 2 aromatic heterocycles. The van der Waals surface area contributed by atoms with Crippen LogP contribution in [0.4, 0.5) is 4.39 Å². The Hall–Kier alpha value is -2.01. The Morgan fingerprint density at radius 1 is 1.17 bits per heavy atom. The van der Waals surface area contributed by atoms with E-state index in [-0.39, 0.29) is 29.8 Å². The SMILES string of the molecule is CCNC(=NCc1sc(C)nc1C)NCCc1ccn(-c2ccc(F)cc2)n1.I. The summed E-state index contributed by atoms with van der Waals surface area (Å²) in [6.45, 7) is 8.21.